The molecule has 0 spiro atoms. The lowest BCUT2D eigenvalue weighted by Gasteiger charge is -2.30. The molecule has 5 nitrogen and oxygen atoms in total. The summed E-state index contributed by atoms with van der Waals surface area (Å²) in [7, 11) is 0. The van der Waals surface area contributed by atoms with Crippen LogP contribution in [0.4, 0.5) is 0 Å². The average molecular weight is 355 g/mol. The van der Waals surface area contributed by atoms with Gasteiger partial charge in [-0.05, 0) is 43.6 Å². The second-order valence-corrected chi connectivity index (χ2v) is 8.15. The minimum absolute atomic E-state index is 0.121. The maximum absolute atomic E-state index is 12.7. The number of likely N-dealkylation sites (tertiary alicyclic amines) is 1. The highest BCUT2D eigenvalue weighted by molar-refractivity contribution is 5.79. The Kier molecular flexibility index (Phi) is 5.25. The first-order valence-corrected chi connectivity index (χ1v) is 10.1. The standard InChI is InChI=1S/C21H29N3O2/c25-20(13-15-11-17-8-9-18(12-15)22-17)23-19(16-5-2-1-3-6-16)14-24-10-4-7-21(24)26/h1-3,5-6,15,17-19,22H,4,7-14H2,(H,23,25). The topological polar surface area (TPSA) is 61.4 Å². The molecule has 4 rings (SSSR count). The van der Waals surface area contributed by atoms with Gasteiger partial charge in [0.05, 0.1) is 6.04 Å². The number of hydrogen-bond acceptors (Lipinski definition) is 3. The molecule has 3 atom stereocenters. The van der Waals surface area contributed by atoms with Gasteiger partial charge in [-0.2, -0.15) is 0 Å². The second-order valence-electron chi connectivity index (χ2n) is 8.15. The molecule has 3 unspecified atom stereocenters. The highest BCUT2D eigenvalue weighted by Gasteiger charge is 2.34. The molecule has 0 aliphatic carbocycles. The van der Waals surface area contributed by atoms with Gasteiger partial charge in [-0.25, -0.2) is 0 Å². The number of piperidine rings is 1. The van der Waals surface area contributed by atoms with Gasteiger partial charge in [0.15, 0.2) is 0 Å². The van der Waals surface area contributed by atoms with Crippen LogP contribution in [0.1, 0.15) is 56.6 Å². The van der Waals surface area contributed by atoms with E-state index >= 15 is 0 Å². The first kappa shape index (κ1) is 17.5. The van der Waals surface area contributed by atoms with Gasteiger partial charge in [0.2, 0.25) is 11.8 Å². The van der Waals surface area contributed by atoms with Crippen molar-refractivity contribution in [2.24, 2.45) is 5.92 Å². The van der Waals surface area contributed by atoms with Crippen molar-refractivity contribution in [3.05, 3.63) is 35.9 Å². The number of nitrogens with one attached hydrogen (secondary N) is 2. The number of fused-ring (bicyclic) bond motifs is 2. The summed E-state index contributed by atoms with van der Waals surface area (Å²) in [6, 6.07) is 11.1. The summed E-state index contributed by atoms with van der Waals surface area (Å²) < 4.78 is 0. The Labute approximate surface area is 155 Å². The first-order valence-electron chi connectivity index (χ1n) is 10.1. The number of amides is 2. The molecular formula is C21H29N3O2. The Hall–Kier alpha value is -1.88. The zero-order chi connectivity index (χ0) is 17.9. The Morgan fingerprint density at radius 1 is 1.19 bits per heavy atom. The largest absolute Gasteiger partial charge is 0.347 e. The molecule has 3 fully saturated rings. The second kappa shape index (κ2) is 7.78. The maximum atomic E-state index is 12.7. The zero-order valence-corrected chi connectivity index (χ0v) is 15.3. The fourth-order valence-corrected chi connectivity index (χ4v) is 4.89. The van der Waals surface area contributed by atoms with Crippen molar-refractivity contribution >= 4 is 11.8 Å². The third-order valence-corrected chi connectivity index (χ3v) is 6.16. The van der Waals surface area contributed by atoms with Crippen molar-refractivity contribution in [3.8, 4) is 0 Å². The van der Waals surface area contributed by atoms with Gasteiger partial charge in [0, 0.05) is 38.0 Å². The van der Waals surface area contributed by atoms with Crippen LogP contribution in [0.5, 0.6) is 0 Å². The van der Waals surface area contributed by atoms with Crippen LogP contribution in [0.15, 0.2) is 30.3 Å². The molecule has 26 heavy (non-hydrogen) atoms. The minimum Gasteiger partial charge on any atom is -0.347 e. The highest BCUT2D eigenvalue weighted by atomic mass is 16.2. The molecule has 3 aliphatic heterocycles. The van der Waals surface area contributed by atoms with E-state index in [-0.39, 0.29) is 17.9 Å². The average Bonchev–Trinajstić information content (AvgIpc) is 3.20. The third kappa shape index (κ3) is 4.09. The highest BCUT2D eigenvalue weighted by Crippen LogP contribution is 2.32. The van der Waals surface area contributed by atoms with E-state index in [1.807, 2.05) is 35.2 Å². The summed E-state index contributed by atoms with van der Waals surface area (Å²) in [5.74, 6) is 0.811. The molecule has 3 saturated heterocycles. The monoisotopic (exact) mass is 355 g/mol. The summed E-state index contributed by atoms with van der Waals surface area (Å²) in [4.78, 5) is 26.7. The van der Waals surface area contributed by atoms with Crippen LogP contribution < -0.4 is 10.6 Å². The number of carbonyl (C=O) groups is 2. The minimum atomic E-state index is -0.121. The van der Waals surface area contributed by atoms with Gasteiger partial charge in [-0.3, -0.25) is 9.59 Å². The molecule has 1 aromatic carbocycles. The van der Waals surface area contributed by atoms with Crippen LogP contribution in [0.3, 0.4) is 0 Å². The van der Waals surface area contributed by atoms with Crippen LogP contribution >= 0.6 is 0 Å². The van der Waals surface area contributed by atoms with Crippen LogP contribution in [-0.2, 0) is 9.59 Å². The molecule has 0 radical (unpaired) electrons. The lowest BCUT2D eigenvalue weighted by molar-refractivity contribution is -0.129. The van der Waals surface area contributed by atoms with Gasteiger partial charge in [0.1, 0.15) is 0 Å². The Balaban J connectivity index is 1.39. The Bertz CT molecular complexity index is 636. The fraction of sp³-hybridized carbons (Fsp3) is 0.619. The van der Waals surface area contributed by atoms with E-state index in [4.69, 9.17) is 0 Å². The summed E-state index contributed by atoms with van der Waals surface area (Å²) in [5, 5.41) is 6.86. The first-order chi connectivity index (χ1) is 12.7. The number of benzene rings is 1. The van der Waals surface area contributed by atoms with Crippen molar-refractivity contribution in [2.45, 2.75) is 63.1 Å². The number of hydrogen-bond donors (Lipinski definition) is 2. The van der Waals surface area contributed by atoms with Crippen LogP contribution in [0, 0.1) is 5.92 Å². The lowest BCUT2D eigenvalue weighted by atomic mass is 9.89. The van der Waals surface area contributed by atoms with E-state index < -0.39 is 0 Å². The maximum Gasteiger partial charge on any atom is 0.222 e. The van der Waals surface area contributed by atoms with Crippen molar-refractivity contribution in [2.75, 3.05) is 13.1 Å². The van der Waals surface area contributed by atoms with Gasteiger partial charge < -0.3 is 15.5 Å². The van der Waals surface area contributed by atoms with Crippen LogP contribution in [0.2, 0.25) is 0 Å². The molecule has 2 amide bonds. The van der Waals surface area contributed by atoms with Crippen molar-refractivity contribution < 1.29 is 9.59 Å². The van der Waals surface area contributed by atoms with E-state index in [0.717, 1.165) is 31.4 Å². The quantitative estimate of drug-likeness (QED) is 0.824. The predicted octanol–water partition coefficient (Wildman–Crippen LogP) is 2.39. The SMILES string of the molecule is O=C(CC1CC2CCC(C1)N2)NC(CN1CCCC1=O)c1ccccc1. The number of carbonyl (C=O) groups excluding carboxylic acids is 2. The molecule has 5 heteroatoms. The van der Waals surface area contributed by atoms with E-state index in [2.05, 4.69) is 10.6 Å². The third-order valence-electron chi connectivity index (χ3n) is 6.16. The molecular weight excluding hydrogens is 326 g/mol. The van der Waals surface area contributed by atoms with Crippen LogP contribution in [0.25, 0.3) is 0 Å². The van der Waals surface area contributed by atoms with Gasteiger partial charge in [-0.1, -0.05) is 30.3 Å². The molecule has 1 aromatic rings. The van der Waals surface area contributed by atoms with Crippen molar-refractivity contribution in [1.29, 1.82) is 0 Å². The summed E-state index contributed by atoms with van der Waals surface area (Å²) >= 11 is 0. The lowest BCUT2D eigenvalue weighted by Crippen LogP contribution is -2.42. The van der Waals surface area contributed by atoms with Crippen molar-refractivity contribution in [1.82, 2.24) is 15.5 Å². The van der Waals surface area contributed by atoms with E-state index in [1.54, 1.807) is 0 Å². The van der Waals surface area contributed by atoms with Gasteiger partial charge in [0.25, 0.3) is 0 Å². The Morgan fingerprint density at radius 3 is 2.58 bits per heavy atom. The molecule has 0 aromatic heterocycles. The molecule has 140 valence electrons. The molecule has 2 N–H and O–H groups in total. The zero-order valence-electron chi connectivity index (χ0n) is 15.3. The van der Waals surface area contributed by atoms with E-state index in [1.165, 1.54) is 12.8 Å². The van der Waals surface area contributed by atoms with Gasteiger partial charge in [-0.15, -0.1) is 0 Å². The molecule has 0 saturated carbocycles. The number of rotatable bonds is 6. The van der Waals surface area contributed by atoms with Crippen LogP contribution in [-0.4, -0.2) is 41.9 Å². The molecule has 2 bridgehead atoms. The Morgan fingerprint density at radius 2 is 1.92 bits per heavy atom. The fourth-order valence-electron chi connectivity index (χ4n) is 4.89. The predicted molar refractivity (Wildman–Crippen MR) is 100 cm³/mol. The number of nitrogens with zero attached hydrogens (tertiary/aromatic N) is 1. The van der Waals surface area contributed by atoms with E-state index in [9.17, 15) is 9.59 Å². The molecule has 3 aliphatic rings. The van der Waals surface area contributed by atoms with E-state index in [0.29, 0.717) is 37.4 Å². The summed E-state index contributed by atoms with van der Waals surface area (Å²) in [5.41, 5.74) is 1.07. The normalized spacial score (nSPS) is 29.0. The van der Waals surface area contributed by atoms with Crippen molar-refractivity contribution in [3.63, 3.8) is 0 Å². The smallest absolute Gasteiger partial charge is 0.222 e. The van der Waals surface area contributed by atoms with Gasteiger partial charge >= 0.3 is 0 Å². The summed E-state index contributed by atoms with van der Waals surface area (Å²) in [6.45, 7) is 1.38. The molecule has 3 heterocycles. The summed E-state index contributed by atoms with van der Waals surface area (Å²) in [6.07, 6.45) is 6.90.